The number of methoxy groups -OCH3 is 1. The van der Waals surface area contributed by atoms with Gasteiger partial charge in [0.05, 0.1) is 29.6 Å². The highest BCUT2D eigenvalue weighted by molar-refractivity contribution is 9.10. The Morgan fingerprint density at radius 3 is 2.64 bits per heavy atom. The molecule has 28 heavy (non-hydrogen) atoms. The summed E-state index contributed by atoms with van der Waals surface area (Å²) in [6.07, 6.45) is 1.70. The van der Waals surface area contributed by atoms with Gasteiger partial charge in [-0.05, 0) is 76.4 Å². The van der Waals surface area contributed by atoms with Crippen molar-refractivity contribution in [2.24, 2.45) is 0 Å². The van der Waals surface area contributed by atoms with Crippen LogP contribution in [0.4, 0.5) is 4.79 Å². The molecule has 5 nitrogen and oxygen atoms in total. The largest absolute Gasteiger partial charge is 0.492 e. The molecule has 0 atom stereocenters. The second-order valence-corrected chi connectivity index (χ2v) is 8.01. The average Bonchev–Trinajstić information content (AvgIpc) is 2.91. The van der Waals surface area contributed by atoms with Crippen molar-refractivity contribution in [3.05, 3.63) is 62.5 Å². The molecule has 0 N–H and O–H groups in total. The highest BCUT2D eigenvalue weighted by Gasteiger charge is 2.35. The molecule has 0 unspecified atom stereocenters. The second kappa shape index (κ2) is 8.84. The maximum absolute atomic E-state index is 12.8. The minimum atomic E-state index is -0.289. The third kappa shape index (κ3) is 4.25. The zero-order chi connectivity index (χ0) is 20.3. The number of aryl methyl sites for hydroxylation is 1. The van der Waals surface area contributed by atoms with Crippen LogP contribution in [0.25, 0.3) is 6.08 Å². The molecule has 0 aliphatic carbocycles. The fourth-order valence-corrected chi connectivity index (χ4v) is 4.34. The second-order valence-electron chi connectivity index (χ2n) is 6.16. The fraction of sp³-hybridized carbons (Fsp3) is 0.238. The molecule has 2 aromatic rings. The van der Waals surface area contributed by atoms with Crippen LogP contribution in [0.5, 0.6) is 11.5 Å². The first kappa shape index (κ1) is 20.5. The van der Waals surface area contributed by atoms with E-state index >= 15 is 0 Å². The summed E-state index contributed by atoms with van der Waals surface area (Å²) in [6.45, 7) is 4.61. The Bertz CT molecular complexity index is 957. The molecule has 0 radical (unpaired) electrons. The number of rotatable bonds is 6. The zero-order valence-electron chi connectivity index (χ0n) is 15.8. The van der Waals surface area contributed by atoms with Crippen LogP contribution in [-0.2, 0) is 11.3 Å². The first-order valence-electron chi connectivity index (χ1n) is 8.74. The number of nitrogens with zero attached hydrogens (tertiary/aromatic N) is 1. The van der Waals surface area contributed by atoms with Crippen molar-refractivity contribution in [1.82, 2.24) is 4.90 Å². The van der Waals surface area contributed by atoms with E-state index in [0.717, 1.165) is 28.5 Å². The molecule has 0 aromatic heterocycles. The molecule has 2 amide bonds. The van der Waals surface area contributed by atoms with Gasteiger partial charge in [0.2, 0.25) is 0 Å². The number of ether oxygens (including phenoxy) is 2. The van der Waals surface area contributed by atoms with E-state index in [0.29, 0.717) is 27.5 Å². The predicted molar refractivity (Wildman–Crippen MR) is 115 cm³/mol. The van der Waals surface area contributed by atoms with E-state index in [2.05, 4.69) is 15.9 Å². The zero-order valence-corrected chi connectivity index (χ0v) is 18.2. The Hall–Kier alpha value is -2.25. The first-order valence-corrected chi connectivity index (χ1v) is 10.4. The lowest BCUT2D eigenvalue weighted by molar-refractivity contribution is -0.123. The predicted octanol–water partition coefficient (Wildman–Crippen LogP) is 5.40. The Morgan fingerprint density at radius 1 is 1.21 bits per heavy atom. The van der Waals surface area contributed by atoms with Gasteiger partial charge >= 0.3 is 0 Å². The van der Waals surface area contributed by atoms with Crippen molar-refractivity contribution in [2.75, 3.05) is 13.7 Å². The van der Waals surface area contributed by atoms with Gasteiger partial charge in [0.1, 0.15) is 0 Å². The van der Waals surface area contributed by atoms with Crippen molar-refractivity contribution in [1.29, 1.82) is 0 Å². The van der Waals surface area contributed by atoms with Gasteiger partial charge in [-0.3, -0.25) is 14.5 Å². The van der Waals surface area contributed by atoms with Gasteiger partial charge in [0.15, 0.2) is 11.5 Å². The number of carbonyl (C=O) groups is 2. The van der Waals surface area contributed by atoms with Crippen LogP contribution in [-0.4, -0.2) is 29.8 Å². The van der Waals surface area contributed by atoms with E-state index in [-0.39, 0.29) is 17.7 Å². The van der Waals surface area contributed by atoms with Crippen molar-refractivity contribution < 1.29 is 19.1 Å². The molecule has 146 valence electrons. The normalized spacial score (nSPS) is 15.4. The first-order chi connectivity index (χ1) is 13.4. The van der Waals surface area contributed by atoms with E-state index in [9.17, 15) is 9.59 Å². The Morgan fingerprint density at radius 2 is 1.96 bits per heavy atom. The number of halogens is 1. The number of carbonyl (C=O) groups excluding carboxylic acids is 2. The summed E-state index contributed by atoms with van der Waals surface area (Å²) in [7, 11) is 1.57. The summed E-state index contributed by atoms with van der Waals surface area (Å²) in [5, 5.41) is -0.267. The van der Waals surface area contributed by atoms with E-state index < -0.39 is 0 Å². The third-order valence-corrected chi connectivity index (χ3v) is 5.79. The summed E-state index contributed by atoms with van der Waals surface area (Å²) in [6, 6.07) is 11.4. The summed E-state index contributed by atoms with van der Waals surface area (Å²) in [5.74, 6) is 0.875. The van der Waals surface area contributed by atoms with Crippen LogP contribution in [0.15, 0.2) is 45.8 Å². The van der Waals surface area contributed by atoms with Gasteiger partial charge in [-0.15, -0.1) is 0 Å². The number of thioether (sulfide) groups is 1. The van der Waals surface area contributed by atoms with Gasteiger partial charge in [-0.2, -0.15) is 0 Å². The monoisotopic (exact) mass is 461 g/mol. The molecule has 1 saturated heterocycles. The average molecular weight is 462 g/mol. The smallest absolute Gasteiger partial charge is 0.293 e. The lowest BCUT2D eigenvalue weighted by Gasteiger charge is -2.14. The molecule has 1 fully saturated rings. The van der Waals surface area contributed by atoms with Crippen LogP contribution >= 0.6 is 27.7 Å². The number of hydrogen-bond donors (Lipinski definition) is 0. The van der Waals surface area contributed by atoms with E-state index in [1.807, 2.05) is 44.2 Å². The Balaban J connectivity index is 1.88. The Labute approximate surface area is 176 Å². The molecular weight excluding hydrogens is 442 g/mol. The standard InChI is InChI=1S/C21H20BrNO4S/c1-4-27-17-10-14(9-16(22)19(17)26-3)11-18-20(24)23(21(25)28-18)12-15-8-6-5-7-13(15)2/h5-11H,4,12H2,1-3H3/b18-11-. The topological polar surface area (TPSA) is 55.8 Å². The van der Waals surface area contributed by atoms with E-state index in [1.165, 1.54) is 4.90 Å². The van der Waals surface area contributed by atoms with E-state index in [1.54, 1.807) is 19.3 Å². The highest BCUT2D eigenvalue weighted by atomic mass is 79.9. The maximum atomic E-state index is 12.8. The maximum Gasteiger partial charge on any atom is 0.293 e. The number of hydrogen-bond acceptors (Lipinski definition) is 5. The van der Waals surface area contributed by atoms with Crippen LogP contribution in [0.1, 0.15) is 23.6 Å². The lowest BCUT2D eigenvalue weighted by Crippen LogP contribution is -2.27. The van der Waals surface area contributed by atoms with Gasteiger partial charge in [-0.1, -0.05) is 24.3 Å². The Kier molecular flexibility index (Phi) is 6.46. The minimum Gasteiger partial charge on any atom is -0.492 e. The number of imide groups is 1. The van der Waals surface area contributed by atoms with Crippen molar-refractivity contribution in [3.8, 4) is 11.5 Å². The summed E-state index contributed by atoms with van der Waals surface area (Å²) >= 11 is 4.41. The van der Waals surface area contributed by atoms with Crippen LogP contribution in [0.2, 0.25) is 0 Å². The SMILES string of the molecule is CCOc1cc(/C=C2\SC(=O)N(Cc3ccccc3C)C2=O)cc(Br)c1OC. The van der Waals surface area contributed by atoms with Gasteiger partial charge in [0, 0.05) is 0 Å². The van der Waals surface area contributed by atoms with Crippen molar-refractivity contribution >= 4 is 44.9 Å². The summed E-state index contributed by atoms with van der Waals surface area (Å²) in [4.78, 5) is 26.9. The van der Waals surface area contributed by atoms with Gasteiger partial charge < -0.3 is 9.47 Å². The van der Waals surface area contributed by atoms with Gasteiger partial charge in [-0.25, -0.2) is 0 Å². The number of amides is 2. The van der Waals surface area contributed by atoms with E-state index in [4.69, 9.17) is 9.47 Å². The molecule has 1 aliphatic rings. The summed E-state index contributed by atoms with van der Waals surface area (Å²) in [5.41, 5.74) is 2.75. The van der Waals surface area contributed by atoms with Crippen LogP contribution in [0, 0.1) is 6.92 Å². The van der Waals surface area contributed by atoms with Crippen molar-refractivity contribution in [3.63, 3.8) is 0 Å². The molecular formula is C21H20BrNO4S. The molecule has 1 heterocycles. The molecule has 7 heteroatoms. The molecule has 2 aromatic carbocycles. The van der Waals surface area contributed by atoms with Crippen molar-refractivity contribution in [2.45, 2.75) is 20.4 Å². The fourth-order valence-electron chi connectivity index (χ4n) is 2.88. The highest BCUT2D eigenvalue weighted by Crippen LogP contribution is 2.39. The summed E-state index contributed by atoms with van der Waals surface area (Å²) < 4.78 is 11.7. The third-order valence-electron chi connectivity index (χ3n) is 4.30. The molecule has 0 spiro atoms. The van der Waals surface area contributed by atoms with Gasteiger partial charge in [0.25, 0.3) is 11.1 Å². The molecule has 3 rings (SSSR count). The molecule has 0 saturated carbocycles. The molecule has 0 bridgehead atoms. The molecule has 1 aliphatic heterocycles. The quantitative estimate of drug-likeness (QED) is 0.538. The van der Waals surface area contributed by atoms with Crippen LogP contribution in [0.3, 0.4) is 0 Å². The minimum absolute atomic E-state index is 0.267. The van der Waals surface area contributed by atoms with Crippen LogP contribution < -0.4 is 9.47 Å². The lowest BCUT2D eigenvalue weighted by atomic mass is 10.1. The number of benzene rings is 2.